The third kappa shape index (κ3) is 1.44. The van der Waals surface area contributed by atoms with Crippen molar-refractivity contribution in [2.75, 3.05) is 0 Å². The molecule has 0 atom stereocenters. The second-order valence-electron chi connectivity index (χ2n) is 3.10. The highest BCUT2D eigenvalue weighted by Gasteiger charge is 2.00. The maximum atomic E-state index is 8.61. The maximum absolute atomic E-state index is 8.61. The Morgan fingerprint density at radius 3 is 2.71 bits per heavy atom. The van der Waals surface area contributed by atoms with E-state index in [-0.39, 0.29) is 0 Å². The number of oxime groups is 1. The first-order valence-electron chi connectivity index (χ1n) is 4.35. The lowest BCUT2D eigenvalue weighted by Crippen LogP contribution is -1.97. The van der Waals surface area contributed by atoms with E-state index < -0.39 is 0 Å². The summed E-state index contributed by atoms with van der Waals surface area (Å²) in [6.45, 7) is 1.72. The van der Waals surface area contributed by atoms with Crippen molar-refractivity contribution in [2.24, 2.45) is 5.16 Å². The Kier molecular flexibility index (Phi) is 2.14. The molecule has 0 spiro atoms. The fourth-order valence-corrected chi connectivity index (χ4v) is 1.33. The molecule has 2 aromatic rings. The summed E-state index contributed by atoms with van der Waals surface area (Å²) in [5.74, 6) is 0. The van der Waals surface area contributed by atoms with E-state index in [1.54, 1.807) is 13.1 Å². The van der Waals surface area contributed by atoms with Gasteiger partial charge >= 0.3 is 0 Å². The topological polar surface area (TPSA) is 45.5 Å². The fourth-order valence-electron chi connectivity index (χ4n) is 1.33. The van der Waals surface area contributed by atoms with Crippen LogP contribution in [0.5, 0.6) is 0 Å². The van der Waals surface area contributed by atoms with Crippen molar-refractivity contribution in [1.82, 2.24) is 4.98 Å². The molecule has 0 radical (unpaired) electrons. The lowest BCUT2D eigenvalue weighted by molar-refractivity contribution is 0.319. The van der Waals surface area contributed by atoms with Gasteiger partial charge in [-0.25, -0.2) is 0 Å². The molecule has 0 aliphatic carbocycles. The van der Waals surface area contributed by atoms with Crippen molar-refractivity contribution in [1.29, 1.82) is 0 Å². The van der Waals surface area contributed by atoms with Crippen LogP contribution in [0.15, 0.2) is 41.7 Å². The predicted molar refractivity (Wildman–Crippen MR) is 55.7 cm³/mol. The third-order valence-corrected chi connectivity index (χ3v) is 2.15. The first-order chi connectivity index (χ1) is 6.81. The molecule has 70 valence electrons. The molecule has 0 saturated carbocycles. The zero-order valence-corrected chi connectivity index (χ0v) is 7.81. The summed E-state index contributed by atoms with van der Waals surface area (Å²) in [7, 11) is 0. The minimum atomic E-state index is 0.524. The summed E-state index contributed by atoms with van der Waals surface area (Å²) in [4.78, 5) is 4.19. The molecule has 0 fully saturated rings. The third-order valence-electron chi connectivity index (χ3n) is 2.15. The van der Waals surface area contributed by atoms with E-state index in [9.17, 15) is 0 Å². The largest absolute Gasteiger partial charge is 0.411 e. The molecule has 1 heterocycles. The maximum Gasteiger partial charge on any atom is 0.102 e. The van der Waals surface area contributed by atoms with Gasteiger partial charge < -0.3 is 5.21 Å². The highest BCUT2D eigenvalue weighted by Crippen LogP contribution is 2.13. The fraction of sp³-hybridized carbons (Fsp3) is 0.0909. The number of nitrogens with zero attached hydrogens (tertiary/aromatic N) is 2. The Morgan fingerprint density at radius 2 is 2.00 bits per heavy atom. The summed E-state index contributed by atoms with van der Waals surface area (Å²) in [6, 6.07) is 9.85. The van der Waals surface area contributed by atoms with Crippen LogP contribution in [0.25, 0.3) is 10.8 Å². The average molecular weight is 186 g/mol. The van der Waals surface area contributed by atoms with Crippen LogP contribution in [0.2, 0.25) is 0 Å². The van der Waals surface area contributed by atoms with E-state index in [1.165, 1.54) is 0 Å². The van der Waals surface area contributed by atoms with E-state index in [0.29, 0.717) is 11.4 Å². The molecule has 2 rings (SSSR count). The van der Waals surface area contributed by atoms with Crippen molar-refractivity contribution >= 4 is 16.5 Å². The number of benzene rings is 1. The van der Waals surface area contributed by atoms with Crippen LogP contribution in [-0.4, -0.2) is 15.9 Å². The van der Waals surface area contributed by atoms with Gasteiger partial charge in [-0.15, -0.1) is 0 Å². The number of hydrogen-bond acceptors (Lipinski definition) is 3. The summed E-state index contributed by atoms with van der Waals surface area (Å²) in [5.41, 5.74) is 1.22. The van der Waals surface area contributed by atoms with Crippen molar-refractivity contribution in [3.8, 4) is 0 Å². The number of pyridine rings is 1. The molecule has 1 aromatic heterocycles. The van der Waals surface area contributed by atoms with Gasteiger partial charge in [-0.1, -0.05) is 29.4 Å². The van der Waals surface area contributed by atoms with Crippen LogP contribution in [0.1, 0.15) is 12.6 Å². The van der Waals surface area contributed by atoms with Gasteiger partial charge in [-0.3, -0.25) is 4.98 Å². The van der Waals surface area contributed by atoms with E-state index in [2.05, 4.69) is 10.1 Å². The van der Waals surface area contributed by atoms with Gasteiger partial charge in [0.1, 0.15) is 5.71 Å². The molecular weight excluding hydrogens is 176 g/mol. The van der Waals surface area contributed by atoms with Crippen LogP contribution in [0.4, 0.5) is 0 Å². The van der Waals surface area contributed by atoms with Gasteiger partial charge in [0.25, 0.3) is 0 Å². The SMILES string of the molecule is CC(=NO)c1cc2ccccc2cn1. The Hall–Kier alpha value is -1.90. The van der Waals surface area contributed by atoms with Gasteiger partial charge in [-0.05, 0) is 18.4 Å². The minimum absolute atomic E-state index is 0.524. The molecule has 0 unspecified atom stereocenters. The molecule has 0 aliphatic rings. The van der Waals surface area contributed by atoms with Gasteiger partial charge in [0.15, 0.2) is 0 Å². The lowest BCUT2D eigenvalue weighted by Gasteiger charge is -2.00. The highest BCUT2D eigenvalue weighted by molar-refractivity contribution is 5.99. The van der Waals surface area contributed by atoms with Gasteiger partial charge in [-0.2, -0.15) is 0 Å². The van der Waals surface area contributed by atoms with E-state index in [0.717, 1.165) is 10.8 Å². The van der Waals surface area contributed by atoms with Gasteiger partial charge in [0, 0.05) is 11.6 Å². The Bertz CT molecular complexity index is 491. The van der Waals surface area contributed by atoms with Gasteiger partial charge in [0.05, 0.1) is 5.69 Å². The second-order valence-corrected chi connectivity index (χ2v) is 3.10. The first kappa shape index (κ1) is 8.69. The normalized spacial score (nSPS) is 11.9. The zero-order chi connectivity index (χ0) is 9.97. The highest BCUT2D eigenvalue weighted by atomic mass is 16.4. The average Bonchev–Trinajstić information content (AvgIpc) is 2.27. The van der Waals surface area contributed by atoms with Crippen LogP contribution >= 0.6 is 0 Å². The van der Waals surface area contributed by atoms with E-state index in [4.69, 9.17) is 5.21 Å². The number of aromatic nitrogens is 1. The molecule has 3 nitrogen and oxygen atoms in total. The first-order valence-corrected chi connectivity index (χ1v) is 4.35. The second kappa shape index (κ2) is 3.46. The molecule has 0 amide bonds. The Labute approximate surface area is 81.7 Å². The number of hydrogen-bond donors (Lipinski definition) is 1. The quantitative estimate of drug-likeness (QED) is 0.422. The predicted octanol–water partition coefficient (Wildman–Crippen LogP) is 2.43. The standard InChI is InChI=1S/C11H10N2O/c1-8(13-14)11-6-9-4-2-3-5-10(9)7-12-11/h2-7,14H,1H3. The van der Waals surface area contributed by atoms with Crippen LogP contribution in [0.3, 0.4) is 0 Å². The molecule has 0 aliphatic heterocycles. The molecule has 14 heavy (non-hydrogen) atoms. The smallest absolute Gasteiger partial charge is 0.102 e. The Balaban J connectivity index is 2.62. The number of rotatable bonds is 1. The molecule has 3 heteroatoms. The van der Waals surface area contributed by atoms with Gasteiger partial charge in [0.2, 0.25) is 0 Å². The summed E-state index contributed by atoms with van der Waals surface area (Å²) in [6.07, 6.45) is 1.78. The Morgan fingerprint density at radius 1 is 1.29 bits per heavy atom. The van der Waals surface area contributed by atoms with E-state index >= 15 is 0 Å². The summed E-state index contributed by atoms with van der Waals surface area (Å²) >= 11 is 0. The van der Waals surface area contributed by atoms with Crippen molar-refractivity contribution < 1.29 is 5.21 Å². The molecule has 1 N–H and O–H groups in total. The lowest BCUT2D eigenvalue weighted by atomic mass is 10.1. The molecular formula is C11H10N2O. The van der Waals surface area contributed by atoms with Crippen molar-refractivity contribution in [3.05, 3.63) is 42.2 Å². The molecule has 0 saturated heterocycles. The van der Waals surface area contributed by atoms with E-state index in [1.807, 2.05) is 30.3 Å². The molecule has 0 bridgehead atoms. The monoisotopic (exact) mass is 186 g/mol. The van der Waals surface area contributed by atoms with Crippen LogP contribution < -0.4 is 0 Å². The van der Waals surface area contributed by atoms with Crippen molar-refractivity contribution in [2.45, 2.75) is 6.92 Å². The van der Waals surface area contributed by atoms with Crippen molar-refractivity contribution in [3.63, 3.8) is 0 Å². The minimum Gasteiger partial charge on any atom is -0.411 e. The summed E-state index contributed by atoms with van der Waals surface area (Å²) in [5, 5.41) is 13.9. The van der Waals surface area contributed by atoms with Crippen LogP contribution in [-0.2, 0) is 0 Å². The van der Waals surface area contributed by atoms with Crippen LogP contribution in [0, 0.1) is 0 Å². The summed E-state index contributed by atoms with van der Waals surface area (Å²) < 4.78 is 0. The molecule has 1 aromatic carbocycles. The number of fused-ring (bicyclic) bond motifs is 1. The zero-order valence-electron chi connectivity index (χ0n) is 7.81.